The van der Waals surface area contributed by atoms with Crippen LogP contribution in [0.5, 0.6) is 0 Å². The molecule has 2 atom stereocenters. The maximum absolute atomic E-state index is 11.3. The van der Waals surface area contributed by atoms with Crippen LogP contribution in [0.3, 0.4) is 0 Å². The molecule has 0 heterocycles. The molecule has 0 aromatic carbocycles. The molecule has 14 heavy (non-hydrogen) atoms. The predicted octanol–water partition coefficient (Wildman–Crippen LogP) is -0.208. The van der Waals surface area contributed by atoms with Crippen LogP contribution in [0.2, 0.25) is 0 Å². The molecule has 82 valence electrons. The molecule has 5 nitrogen and oxygen atoms in total. The molecule has 2 unspecified atom stereocenters. The van der Waals surface area contributed by atoms with Gasteiger partial charge in [0.1, 0.15) is 6.04 Å². The number of methoxy groups -OCH3 is 1. The van der Waals surface area contributed by atoms with E-state index >= 15 is 0 Å². The van der Waals surface area contributed by atoms with Crippen molar-refractivity contribution in [3.63, 3.8) is 0 Å². The minimum absolute atomic E-state index is 0.315. The lowest BCUT2D eigenvalue weighted by atomic mass is 10.2. The third-order valence-corrected chi connectivity index (χ3v) is 1.99. The Morgan fingerprint density at radius 3 is 2.29 bits per heavy atom. The van der Waals surface area contributed by atoms with Crippen LogP contribution in [-0.4, -0.2) is 31.1 Å². The van der Waals surface area contributed by atoms with E-state index in [2.05, 4.69) is 10.1 Å². The molecule has 0 saturated heterocycles. The van der Waals surface area contributed by atoms with Gasteiger partial charge in [-0.3, -0.25) is 4.79 Å². The molecule has 0 fully saturated rings. The summed E-state index contributed by atoms with van der Waals surface area (Å²) in [7, 11) is 1.29. The Balaban J connectivity index is 4.18. The summed E-state index contributed by atoms with van der Waals surface area (Å²) < 4.78 is 4.52. The van der Waals surface area contributed by atoms with Crippen LogP contribution in [0, 0.1) is 0 Å². The number of nitrogens with two attached hydrogens (primary N) is 1. The zero-order valence-corrected chi connectivity index (χ0v) is 8.87. The summed E-state index contributed by atoms with van der Waals surface area (Å²) in [6.45, 7) is 3.60. The van der Waals surface area contributed by atoms with E-state index in [9.17, 15) is 9.59 Å². The molecule has 1 amide bonds. The fraction of sp³-hybridized carbons (Fsp3) is 0.778. The Morgan fingerprint density at radius 2 is 1.93 bits per heavy atom. The van der Waals surface area contributed by atoms with Crippen molar-refractivity contribution in [3.05, 3.63) is 0 Å². The van der Waals surface area contributed by atoms with Gasteiger partial charge in [0.05, 0.1) is 13.2 Å². The molecule has 3 N–H and O–H groups in total. The minimum Gasteiger partial charge on any atom is -0.467 e. The number of amides is 1. The van der Waals surface area contributed by atoms with Crippen LogP contribution in [0.25, 0.3) is 0 Å². The second-order valence-electron chi connectivity index (χ2n) is 3.01. The van der Waals surface area contributed by atoms with E-state index in [1.807, 2.05) is 6.92 Å². The molecule has 5 heteroatoms. The molecule has 0 aliphatic carbocycles. The molecule has 0 saturated carbocycles. The summed E-state index contributed by atoms with van der Waals surface area (Å²) in [5.74, 6) is -0.756. The summed E-state index contributed by atoms with van der Waals surface area (Å²) in [6.07, 6.45) is 1.04. The zero-order valence-electron chi connectivity index (χ0n) is 8.87. The number of carbonyl (C=O) groups excluding carboxylic acids is 2. The Hall–Kier alpha value is -1.10. The van der Waals surface area contributed by atoms with Gasteiger partial charge in [0.15, 0.2) is 0 Å². The predicted molar refractivity (Wildman–Crippen MR) is 52.5 cm³/mol. The molecule has 0 aliphatic heterocycles. The topological polar surface area (TPSA) is 81.4 Å². The number of ether oxygens (including phenoxy) is 1. The third kappa shape index (κ3) is 3.74. The second kappa shape index (κ2) is 6.37. The smallest absolute Gasteiger partial charge is 0.328 e. The van der Waals surface area contributed by atoms with Gasteiger partial charge in [-0.1, -0.05) is 13.8 Å². The average molecular weight is 202 g/mol. The molecule has 0 aromatic rings. The lowest BCUT2D eigenvalue weighted by Gasteiger charge is -2.16. The quantitative estimate of drug-likeness (QED) is 0.604. The number of rotatable bonds is 5. The van der Waals surface area contributed by atoms with Gasteiger partial charge in [-0.15, -0.1) is 0 Å². The van der Waals surface area contributed by atoms with Crippen LogP contribution in [-0.2, 0) is 14.3 Å². The maximum atomic E-state index is 11.3. The summed E-state index contributed by atoms with van der Waals surface area (Å²) in [6, 6.07) is -1.15. The van der Waals surface area contributed by atoms with E-state index < -0.39 is 18.1 Å². The highest BCUT2D eigenvalue weighted by atomic mass is 16.5. The van der Waals surface area contributed by atoms with E-state index in [-0.39, 0.29) is 5.91 Å². The zero-order chi connectivity index (χ0) is 11.1. The first-order valence-electron chi connectivity index (χ1n) is 4.70. The van der Waals surface area contributed by atoms with Crippen LogP contribution < -0.4 is 11.1 Å². The van der Waals surface area contributed by atoms with Crippen molar-refractivity contribution >= 4 is 11.9 Å². The molecule has 0 aliphatic rings. The van der Waals surface area contributed by atoms with E-state index in [1.165, 1.54) is 7.11 Å². The summed E-state index contributed by atoms with van der Waals surface area (Å²) in [5.41, 5.74) is 5.50. The van der Waals surface area contributed by atoms with Gasteiger partial charge in [-0.25, -0.2) is 4.79 Å². The Bertz CT molecular complexity index is 206. The average Bonchev–Trinajstić information content (AvgIpc) is 2.22. The Morgan fingerprint density at radius 1 is 1.36 bits per heavy atom. The maximum Gasteiger partial charge on any atom is 0.328 e. The third-order valence-electron chi connectivity index (χ3n) is 1.99. The van der Waals surface area contributed by atoms with Crippen LogP contribution in [0.4, 0.5) is 0 Å². The fourth-order valence-corrected chi connectivity index (χ4v) is 0.934. The fourth-order valence-electron chi connectivity index (χ4n) is 0.934. The summed E-state index contributed by atoms with van der Waals surface area (Å²) >= 11 is 0. The lowest BCUT2D eigenvalue weighted by Crippen LogP contribution is -2.48. The lowest BCUT2D eigenvalue weighted by molar-refractivity contribution is -0.145. The van der Waals surface area contributed by atoms with Gasteiger partial charge < -0.3 is 15.8 Å². The standard InChI is InChI=1S/C9H18N2O3/c1-4-6(10)8(12)11-7(5-2)9(13)14-3/h6-7H,4-5,10H2,1-3H3,(H,11,12). The van der Waals surface area contributed by atoms with Crippen molar-refractivity contribution in [2.24, 2.45) is 5.73 Å². The number of esters is 1. The molecule has 0 rings (SSSR count). The number of nitrogens with one attached hydrogen (secondary N) is 1. The van der Waals surface area contributed by atoms with Gasteiger partial charge in [0, 0.05) is 0 Å². The highest BCUT2D eigenvalue weighted by Gasteiger charge is 2.21. The van der Waals surface area contributed by atoms with Crippen molar-refractivity contribution < 1.29 is 14.3 Å². The molecule has 0 aromatic heterocycles. The number of carbonyl (C=O) groups is 2. The van der Waals surface area contributed by atoms with Gasteiger partial charge in [0.25, 0.3) is 0 Å². The Kier molecular flexibility index (Phi) is 5.87. The van der Waals surface area contributed by atoms with Crippen molar-refractivity contribution in [1.82, 2.24) is 5.32 Å². The van der Waals surface area contributed by atoms with E-state index in [1.54, 1.807) is 6.92 Å². The normalized spacial score (nSPS) is 14.3. The summed E-state index contributed by atoms with van der Waals surface area (Å²) in [4.78, 5) is 22.4. The first-order valence-corrected chi connectivity index (χ1v) is 4.70. The van der Waals surface area contributed by atoms with Crippen LogP contribution >= 0.6 is 0 Å². The first kappa shape index (κ1) is 12.9. The number of hydrogen-bond acceptors (Lipinski definition) is 4. The minimum atomic E-state index is -0.593. The van der Waals surface area contributed by atoms with E-state index in [0.717, 1.165) is 0 Å². The molecule has 0 spiro atoms. The van der Waals surface area contributed by atoms with E-state index in [4.69, 9.17) is 5.73 Å². The molecular formula is C9H18N2O3. The van der Waals surface area contributed by atoms with Crippen molar-refractivity contribution in [2.45, 2.75) is 38.8 Å². The number of hydrogen-bond donors (Lipinski definition) is 2. The van der Waals surface area contributed by atoms with Crippen molar-refractivity contribution in [1.29, 1.82) is 0 Å². The van der Waals surface area contributed by atoms with Crippen LogP contribution in [0.1, 0.15) is 26.7 Å². The monoisotopic (exact) mass is 202 g/mol. The molecule has 0 radical (unpaired) electrons. The molecular weight excluding hydrogens is 184 g/mol. The summed E-state index contributed by atoms with van der Waals surface area (Å²) in [5, 5.41) is 2.53. The van der Waals surface area contributed by atoms with Gasteiger partial charge in [-0.05, 0) is 12.8 Å². The van der Waals surface area contributed by atoms with E-state index in [0.29, 0.717) is 12.8 Å². The van der Waals surface area contributed by atoms with Gasteiger partial charge in [0.2, 0.25) is 5.91 Å². The highest BCUT2D eigenvalue weighted by Crippen LogP contribution is 1.95. The van der Waals surface area contributed by atoms with Crippen molar-refractivity contribution in [2.75, 3.05) is 7.11 Å². The largest absolute Gasteiger partial charge is 0.467 e. The van der Waals surface area contributed by atoms with Gasteiger partial charge >= 0.3 is 5.97 Å². The Labute approximate surface area is 84.0 Å². The van der Waals surface area contributed by atoms with Crippen LogP contribution in [0.15, 0.2) is 0 Å². The first-order chi connectivity index (χ1) is 6.56. The van der Waals surface area contributed by atoms with Crippen molar-refractivity contribution in [3.8, 4) is 0 Å². The van der Waals surface area contributed by atoms with Gasteiger partial charge in [-0.2, -0.15) is 0 Å². The SMILES string of the molecule is CCC(N)C(=O)NC(CC)C(=O)OC. The second-order valence-corrected chi connectivity index (χ2v) is 3.01. The highest BCUT2D eigenvalue weighted by molar-refractivity contribution is 5.87. The molecule has 0 bridgehead atoms.